The van der Waals surface area contributed by atoms with Gasteiger partial charge in [-0.1, -0.05) is 13.3 Å². The van der Waals surface area contributed by atoms with Crippen LogP contribution in [-0.2, 0) is 0 Å². The zero-order valence-corrected chi connectivity index (χ0v) is 11.9. The SMILES string of the molecule is CCCC1(O)CN(C(=O)c2cc([N+](=O)[O-])cc(C)c2F)C1. The first-order valence-corrected chi connectivity index (χ1v) is 6.73. The van der Waals surface area contributed by atoms with Gasteiger partial charge in [-0.2, -0.15) is 0 Å². The summed E-state index contributed by atoms with van der Waals surface area (Å²) >= 11 is 0. The number of non-ortho nitro benzene ring substituents is 1. The standard InChI is InChI=1S/C14H17FN2O4/c1-3-4-14(19)7-16(8-14)13(18)11-6-10(17(20)21)5-9(2)12(11)15/h5-6,19H,3-4,7-8H2,1-2H3. The van der Waals surface area contributed by atoms with Gasteiger partial charge in [0.2, 0.25) is 0 Å². The van der Waals surface area contributed by atoms with Crippen molar-refractivity contribution in [1.82, 2.24) is 4.90 Å². The molecule has 0 spiro atoms. The van der Waals surface area contributed by atoms with Gasteiger partial charge in [-0.25, -0.2) is 4.39 Å². The summed E-state index contributed by atoms with van der Waals surface area (Å²) in [7, 11) is 0. The number of amides is 1. The fraction of sp³-hybridized carbons (Fsp3) is 0.500. The average Bonchev–Trinajstić information content (AvgIpc) is 2.38. The zero-order chi connectivity index (χ0) is 15.8. The number of carbonyl (C=O) groups is 1. The van der Waals surface area contributed by atoms with E-state index in [1.165, 1.54) is 11.8 Å². The molecule has 1 fully saturated rings. The van der Waals surface area contributed by atoms with Crippen molar-refractivity contribution in [2.45, 2.75) is 32.3 Å². The maximum atomic E-state index is 14.0. The van der Waals surface area contributed by atoms with Gasteiger partial charge in [0.05, 0.1) is 29.2 Å². The number of β-amino-alcohol motifs (C(OH)–C–C–N with tert-alkyl or cyclic N) is 1. The molecule has 0 atom stereocenters. The van der Waals surface area contributed by atoms with E-state index in [0.717, 1.165) is 18.6 Å². The number of nitrogens with zero attached hydrogens (tertiary/aromatic N) is 2. The second kappa shape index (κ2) is 5.40. The number of halogens is 1. The molecule has 0 radical (unpaired) electrons. The van der Waals surface area contributed by atoms with Gasteiger partial charge in [-0.3, -0.25) is 14.9 Å². The van der Waals surface area contributed by atoms with E-state index in [4.69, 9.17) is 0 Å². The van der Waals surface area contributed by atoms with E-state index < -0.39 is 22.2 Å². The number of benzene rings is 1. The summed E-state index contributed by atoms with van der Waals surface area (Å²) in [5, 5.41) is 20.8. The number of aryl methyl sites for hydroxylation is 1. The Balaban J connectivity index is 2.23. The third-order valence-electron chi connectivity index (χ3n) is 3.65. The molecule has 7 heteroatoms. The number of nitro groups is 1. The van der Waals surface area contributed by atoms with E-state index in [9.17, 15) is 24.4 Å². The van der Waals surface area contributed by atoms with Gasteiger partial charge in [-0.15, -0.1) is 0 Å². The lowest BCUT2D eigenvalue weighted by molar-refractivity contribution is -0.385. The quantitative estimate of drug-likeness (QED) is 0.680. The van der Waals surface area contributed by atoms with Crippen molar-refractivity contribution < 1.29 is 19.2 Å². The summed E-state index contributed by atoms with van der Waals surface area (Å²) in [4.78, 5) is 23.7. The second-order valence-corrected chi connectivity index (χ2v) is 5.52. The summed E-state index contributed by atoms with van der Waals surface area (Å²) in [5.41, 5.74) is -1.50. The Bertz CT molecular complexity index is 597. The number of nitro benzene ring substituents is 1. The Morgan fingerprint density at radius 1 is 1.52 bits per heavy atom. The summed E-state index contributed by atoms with van der Waals surface area (Å²) in [6.45, 7) is 3.55. The third-order valence-corrected chi connectivity index (χ3v) is 3.65. The Morgan fingerprint density at radius 3 is 2.67 bits per heavy atom. The molecule has 0 unspecified atom stereocenters. The second-order valence-electron chi connectivity index (χ2n) is 5.52. The Hall–Kier alpha value is -2.02. The van der Waals surface area contributed by atoms with Gasteiger partial charge >= 0.3 is 0 Å². The summed E-state index contributed by atoms with van der Waals surface area (Å²) in [6, 6.07) is 2.04. The highest BCUT2D eigenvalue weighted by atomic mass is 19.1. The average molecular weight is 296 g/mol. The monoisotopic (exact) mass is 296 g/mol. The highest BCUT2D eigenvalue weighted by Crippen LogP contribution is 2.29. The Labute approximate surface area is 121 Å². The Morgan fingerprint density at radius 2 is 2.14 bits per heavy atom. The molecular weight excluding hydrogens is 279 g/mol. The first-order chi connectivity index (χ1) is 9.77. The highest BCUT2D eigenvalue weighted by molar-refractivity contribution is 5.96. The molecule has 1 amide bonds. The van der Waals surface area contributed by atoms with Crippen LogP contribution in [0.15, 0.2) is 12.1 Å². The van der Waals surface area contributed by atoms with E-state index in [1.54, 1.807) is 0 Å². The molecule has 1 aliphatic heterocycles. The minimum absolute atomic E-state index is 0.0527. The van der Waals surface area contributed by atoms with Crippen LogP contribution >= 0.6 is 0 Å². The van der Waals surface area contributed by atoms with Crippen LogP contribution in [0.3, 0.4) is 0 Å². The molecule has 21 heavy (non-hydrogen) atoms. The lowest BCUT2D eigenvalue weighted by Crippen LogP contribution is -2.63. The topological polar surface area (TPSA) is 83.7 Å². The number of rotatable bonds is 4. The number of aliphatic hydroxyl groups is 1. The maximum absolute atomic E-state index is 14.0. The minimum atomic E-state index is -0.920. The molecule has 1 aromatic rings. The molecule has 0 aromatic heterocycles. The molecule has 1 saturated heterocycles. The van der Waals surface area contributed by atoms with Crippen LogP contribution in [0.5, 0.6) is 0 Å². The lowest BCUT2D eigenvalue weighted by atomic mass is 9.88. The molecule has 1 N–H and O–H groups in total. The van der Waals surface area contributed by atoms with Crippen molar-refractivity contribution in [1.29, 1.82) is 0 Å². The number of carbonyl (C=O) groups excluding carboxylic acids is 1. The van der Waals surface area contributed by atoms with Gasteiger partial charge in [-0.05, 0) is 18.9 Å². The normalized spacial score (nSPS) is 16.5. The van der Waals surface area contributed by atoms with Crippen LogP contribution in [0.1, 0.15) is 35.7 Å². The number of hydrogen-bond acceptors (Lipinski definition) is 4. The molecule has 2 rings (SSSR count). The molecule has 1 aromatic carbocycles. The van der Waals surface area contributed by atoms with Crippen LogP contribution in [0.2, 0.25) is 0 Å². The molecule has 1 heterocycles. The minimum Gasteiger partial charge on any atom is -0.386 e. The van der Waals surface area contributed by atoms with Crippen LogP contribution in [0, 0.1) is 22.9 Å². The van der Waals surface area contributed by atoms with Gasteiger partial charge in [0.15, 0.2) is 0 Å². The fourth-order valence-electron chi connectivity index (χ4n) is 2.61. The van der Waals surface area contributed by atoms with Crippen molar-refractivity contribution >= 4 is 11.6 Å². The number of likely N-dealkylation sites (tertiary alicyclic amines) is 1. The molecule has 0 bridgehead atoms. The predicted octanol–water partition coefficient (Wildman–Crippen LogP) is 2.03. The van der Waals surface area contributed by atoms with Crippen LogP contribution in [-0.4, -0.2) is 39.5 Å². The molecule has 6 nitrogen and oxygen atoms in total. The van der Waals surface area contributed by atoms with Crippen molar-refractivity contribution in [2.75, 3.05) is 13.1 Å². The molecule has 1 aliphatic rings. The van der Waals surface area contributed by atoms with Crippen LogP contribution in [0.25, 0.3) is 0 Å². The Kier molecular flexibility index (Phi) is 3.95. The smallest absolute Gasteiger partial charge is 0.270 e. The largest absolute Gasteiger partial charge is 0.386 e. The van der Waals surface area contributed by atoms with E-state index >= 15 is 0 Å². The highest BCUT2D eigenvalue weighted by Gasteiger charge is 2.43. The van der Waals surface area contributed by atoms with E-state index in [1.807, 2.05) is 6.92 Å². The van der Waals surface area contributed by atoms with Crippen molar-refractivity contribution in [3.05, 3.63) is 39.2 Å². The fourth-order valence-corrected chi connectivity index (χ4v) is 2.61. The molecular formula is C14H17FN2O4. The zero-order valence-electron chi connectivity index (χ0n) is 11.9. The van der Waals surface area contributed by atoms with E-state index in [2.05, 4.69) is 0 Å². The van der Waals surface area contributed by atoms with E-state index in [-0.39, 0.29) is 29.9 Å². The summed E-state index contributed by atoms with van der Waals surface area (Å²) in [5.74, 6) is -1.38. The molecule has 114 valence electrons. The third kappa shape index (κ3) is 2.87. The predicted molar refractivity (Wildman–Crippen MR) is 73.6 cm³/mol. The van der Waals surface area contributed by atoms with Crippen molar-refractivity contribution in [2.24, 2.45) is 0 Å². The summed E-state index contributed by atoms with van der Waals surface area (Å²) < 4.78 is 14.0. The first-order valence-electron chi connectivity index (χ1n) is 6.73. The molecule has 0 aliphatic carbocycles. The van der Waals surface area contributed by atoms with Crippen molar-refractivity contribution in [3.8, 4) is 0 Å². The van der Waals surface area contributed by atoms with Gasteiger partial charge in [0, 0.05) is 12.1 Å². The van der Waals surface area contributed by atoms with Gasteiger partial charge < -0.3 is 10.0 Å². The molecule has 0 saturated carbocycles. The lowest BCUT2D eigenvalue weighted by Gasteiger charge is -2.46. The van der Waals surface area contributed by atoms with E-state index in [0.29, 0.717) is 6.42 Å². The van der Waals surface area contributed by atoms with Gasteiger partial charge in [0.1, 0.15) is 5.82 Å². The van der Waals surface area contributed by atoms with Crippen LogP contribution in [0.4, 0.5) is 10.1 Å². The number of hydrogen-bond donors (Lipinski definition) is 1. The van der Waals surface area contributed by atoms with Crippen LogP contribution < -0.4 is 0 Å². The summed E-state index contributed by atoms with van der Waals surface area (Å²) in [6.07, 6.45) is 1.34. The maximum Gasteiger partial charge on any atom is 0.270 e. The van der Waals surface area contributed by atoms with Crippen molar-refractivity contribution in [3.63, 3.8) is 0 Å². The first kappa shape index (κ1) is 15.4. The van der Waals surface area contributed by atoms with Gasteiger partial charge in [0.25, 0.3) is 11.6 Å².